The summed E-state index contributed by atoms with van der Waals surface area (Å²) in [4.78, 5) is 4.62. The molecule has 1 nitrogen and oxygen atoms in total. The molecule has 5 rings (SSSR count). The van der Waals surface area contributed by atoms with E-state index in [-0.39, 0.29) is 0 Å². The Kier molecular flexibility index (Phi) is 3.09. The lowest BCUT2D eigenvalue weighted by molar-refractivity contribution is 1.28. The summed E-state index contributed by atoms with van der Waals surface area (Å²) in [7, 11) is 0. The van der Waals surface area contributed by atoms with Gasteiger partial charge in [-0.15, -0.1) is 0 Å². The molecule has 0 unspecified atom stereocenters. The summed E-state index contributed by atoms with van der Waals surface area (Å²) in [6.45, 7) is 2.06. The van der Waals surface area contributed by atoms with E-state index in [1.807, 2.05) is 18.4 Å². The fourth-order valence-electron chi connectivity index (χ4n) is 3.58. The molecule has 0 atom stereocenters. The van der Waals surface area contributed by atoms with E-state index in [1.54, 1.807) is 0 Å². The van der Waals surface area contributed by atoms with Crippen LogP contribution in [-0.4, -0.2) is 6.21 Å². The maximum atomic E-state index is 4.62. The first-order valence-corrected chi connectivity index (χ1v) is 8.48. The van der Waals surface area contributed by atoms with Crippen LogP contribution in [0.15, 0.2) is 89.2 Å². The van der Waals surface area contributed by atoms with Crippen molar-refractivity contribution in [1.82, 2.24) is 0 Å². The van der Waals surface area contributed by atoms with E-state index in [2.05, 4.69) is 78.3 Å². The summed E-state index contributed by atoms with van der Waals surface area (Å²) in [5.41, 5.74) is 5.20. The van der Waals surface area contributed by atoms with Crippen molar-refractivity contribution in [1.29, 1.82) is 0 Å². The first-order valence-electron chi connectivity index (χ1n) is 8.48. The van der Waals surface area contributed by atoms with E-state index in [0.717, 1.165) is 11.3 Å². The van der Waals surface area contributed by atoms with Gasteiger partial charge < -0.3 is 0 Å². The molecule has 0 saturated heterocycles. The first-order chi connectivity index (χ1) is 12.3. The topological polar surface area (TPSA) is 12.4 Å². The number of aliphatic imine (C=N–C) groups is 1. The van der Waals surface area contributed by atoms with Gasteiger partial charge in [0.15, 0.2) is 0 Å². The molecule has 0 amide bonds. The van der Waals surface area contributed by atoms with Crippen LogP contribution < -0.4 is 0 Å². The molecule has 0 bridgehead atoms. The van der Waals surface area contributed by atoms with Crippen molar-refractivity contribution < 1.29 is 0 Å². The minimum absolute atomic E-state index is 0.858. The molecule has 1 heteroatoms. The predicted octanol–water partition coefficient (Wildman–Crippen LogP) is 6.21. The lowest BCUT2D eigenvalue weighted by atomic mass is 9.92. The van der Waals surface area contributed by atoms with Gasteiger partial charge in [-0.2, -0.15) is 0 Å². The van der Waals surface area contributed by atoms with Crippen molar-refractivity contribution in [3.05, 3.63) is 95.7 Å². The van der Waals surface area contributed by atoms with Crippen LogP contribution >= 0.6 is 0 Å². The maximum absolute atomic E-state index is 4.62. The van der Waals surface area contributed by atoms with Gasteiger partial charge in [0.05, 0.1) is 0 Å². The number of benzene rings is 4. The highest BCUT2D eigenvalue weighted by molar-refractivity contribution is 6.25. The van der Waals surface area contributed by atoms with Crippen LogP contribution in [0.3, 0.4) is 0 Å². The van der Waals surface area contributed by atoms with Crippen molar-refractivity contribution >= 4 is 38.5 Å². The lowest BCUT2D eigenvalue weighted by Crippen LogP contribution is -1.90. The normalized spacial score (nSPS) is 15.2. The number of hydrogen-bond acceptors (Lipinski definition) is 1. The average molecular weight is 318 g/mol. The second-order valence-corrected chi connectivity index (χ2v) is 6.52. The van der Waals surface area contributed by atoms with Crippen LogP contribution in [0, 0.1) is 5.92 Å². The van der Waals surface area contributed by atoms with Crippen molar-refractivity contribution in [3.63, 3.8) is 0 Å². The van der Waals surface area contributed by atoms with Crippen molar-refractivity contribution in [3.8, 4) is 0 Å². The van der Waals surface area contributed by atoms with Gasteiger partial charge in [-0.25, -0.2) is 4.99 Å². The number of allylic oxidation sites excluding steroid dienone is 2. The fourth-order valence-corrected chi connectivity index (χ4v) is 3.58. The minimum atomic E-state index is 0.858. The average Bonchev–Trinajstić information content (AvgIpc) is 2.66. The molecule has 1 aliphatic rings. The van der Waals surface area contributed by atoms with Gasteiger partial charge in [0.2, 0.25) is 0 Å². The molecular formula is C24H16N. The smallest absolute Gasteiger partial charge is 0.104 e. The van der Waals surface area contributed by atoms with E-state index in [9.17, 15) is 0 Å². The molecule has 0 aromatic heterocycles. The third-order valence-electron chi connectivity index (χ3n) is 4.86. The Morgan fingerprint density at radius 2 is 1.52 bits per heavy atom. The minimum Gasteiger partial charge on any atom is -0.248 e. The Hall–Kier alpha value is -3.15. The van der Waals surface area contributed by atoms with Crippen molar-refractivity contribution in [2.24, 2.45) is 4.99 Å². The molecule has 1 radical (unpaired) electrons. The molecular weight excluding hydrogens is 302 g/mol. The van der Waals surface area contributed by atoms with Gasteiger partial charge in [-0.1, -0.05) is 73.3 Å². The Bertz CT molecular complexity index is 1220. The predicted molar refractivity (Wildman–Crippen MR) is 107 cm³/mol. The molecule has 0 saturated carbocycles. The van der Waals surface area contributed by atoms with E-state index in [4.69, 9.17) is 0 Å². The van der Waals surface area contributed by atoms with E-state index in [0.29, 0.717) is 0 Å². The highest BCUT2D eigenvalue weighted by atomic mass is 14.7. The third kappa shape index (κ3) is 2.29. The largest absolute Gasteiger partial charge is 0.248 e. The van der Waals surface area contributed by atoms with E-state index in [1.165, 1.54) is 38.2 Å². The Labute approximate surface area is 146 Å². The Morgan fingerprint density at radius 1 is 0.800 bits per heavy atom. The fraction of sp³-hybridized carbons (Fsp3) is 0.0417. The molecule has 1 aliphatic carbocycles. The lowest BCUT2D eigenvalue weighted by Gasteiger charge is -2.12. The molecule has 0 aliphatic heterocycles. The highest BCUT2D eigenvalue weighted by Crippen LogP contribution is 2.35. The molecule has 0 N–H and O–H groups in total. The maximum Gasteiger partial charge on any atom is 0.104 e. The van der Waals surface area contributed by atoms with Crippen LogP contribution in [0.2, 0.25) is 0 Å². The van der Waals surface area contributed by atoms with Gasteiger partial charge in [0.25, 0.3) is 0 Å². The highest BCUT2D eigenvalue weighted by Gasteiger charge is 2.09. The molecule has 0 fully saturated rings. The second-order valence-electron chi connectivity index (χ2n) is 6.52. The third-order valence-corrected chi connectivity index (χ3v) is 4.86. The van der Waals surface area contributed by atoms with Crippen LogP contribution in [0.4, 0.5) is 0 Å². The molecule has 4 aromatic carbocycles. The Morgan fingerprint density at radius 3 is 2.28 bits per heavy atom. The second kappa shape index (κ2) is 5.44. The summed E-state index contributed by atoms with van der Waals surface area (Å²) in [5, 5.41) is 7.77. The van der Waals surface area contributed by atoms with Gasteiger partial charge in [0.1, 0.15) is 5.70 Å². The van der Waals surface area contributed by atoms with E-state index < -0.39 is 0 Å². The van der Waals surface area contributed by atoms with Crippen LogP contribution in [0.5, 0.6) is 0 Å². The monoisotopic (exact) mass is 318 g/mol. The van der Waals surface area contributed by atoms with Crippen LogP contribution in [0.1, 0.15) is 12.5 Å². The van der Waals surface area contributed by atoms with Crippen molar-refractivity contribution in [2.45, 2.75) is 6.92 Å². The Balaban J connectivity index is 1.74. The van der Waals surface area contributed by atoms with Gasteiger partial charge in [0, 0.05) is 17.7 Å². The summed E-state index contributed by atoms with van der Waals surface area (Å²) in [5.74, 6) is 1.20. The number of nitrogens with zero attached hydrogens (tertiary/aromatic N) is 1. The number of rotatable bonds is 2. The summed E-state index contributed by atoms with van der Waals surface area (Å²) < 4.78 is 0. The molecule has 0 spiro atoms. The molecule has 25 heavy (non-hydrogen) atoms. The standard InChI is InChI=1S/C24H16N/c1-16-5-12-21(13-6-16)25-15-20-10-9-19-8-7-17-3-2-4-18-11-14-22(20)24(19)23(17)18/h2-12,14-15H,1H3. The molecule has 117 valence electrons. The summed E-state index contributed by atoms with van der Waals surface area (Å²) in [6.07, 6.45) is 7.99. The molecule has 4 aromatic rings. The van der Waals surface area contributed by atoms with Crippen LogP contribution in [0.25, 0.3) is 32.3 Å². The van der Waals surface area contributed by atoms with Gasteiger partial charge >= 0.3 is 0 Å². The number of hydrogen-bond donors (Lipinski definition) is 0. The zero-order valence-corrected chi connectivity index (χ0v) is 14.0. The first kappa shape index (κ1) is 14.2. The zero-order valence-electron chi connectivity index (χ0n) is 14.0. The quantitative estimate of drug-likeness (QED) is 0.237. The van der Waals surface area contributed by atoms with E-state index >= 15 is 0 Å². The van der Waals surface area contributed by atoms with Crippen LogP contribution in [-0.2, 0) is 0 Å². The summed E-state index contributed by atoms with van der Waals surface area (Å²) >= 11 is 0. The molecule has 0 heterocycles. The van der Waals surface area contributed by atoms with Gasteiger partial charge in [-0.05, 0) is 44.5 Å². The summed E-state index contributed by atoms with van der Waals surface area (Å²) in [6, 6.07) is 19.7. The van der Waals surface area contributed by atoms with Gasteiger partial charge in [-0.3, -0.25) is 0 Å². The zero-order chi connectivity index (χ0) is 16.8. The van der Waals surface area contributed by atoms with Crippen molar-refractivity contribution in [2.75, 3.05) is 0 Å². The SMILES string of the molecule is C[C]1C=C=C(N=Cc2ccc3ccc4cccc5ccc2c3c45)C=C1.